The lowest BCUT2D eigenvalue weighted by atomic mass is 10.2. The summed E-state index contributed by atoms with van der Waals surface area (Å²) in [5.74, 6) is -0.00264. The fourth-order valence-corrected chi connectivity index (χ4v) is 1.70. The van der Waals surface area contributed by atoms with Crippen molar-refractivity contribution in [2.45, 2.75) is 19.8 Å². The molecule has 88 valence electrons. The molecule has 0 unspecified atom stereocenters. The van der Waals surface area contributed by atoms with Crippen molar-refractivity contribution in [2.24, 2.45) is 0 Å². The quantitative estimate of drug-likeness (QED) is 0.847. The topological polar surface area (TPSA) is 66.0 Å². The van der Waals surface area contributed by atoms with Crippen LogP contribution < -0.4 is 0 Å². The first-order chi connectivity index (χ1) is 8.16. The van der Waals surface area contributed by atoms with Crippen molar-refractivity contribution < 1.29 is 9.90 Å². The normalized spacial score (nSPS) is 10.4. The van der Waals surface area contributed by atoms with E-state index < -0.39 is 5.97 Å². The fraction of sp³-hybridized carbons (Fsp3) is 0.231. The van der Waals surface area contributed by atoms with Gasteiger partial charge in [-0.2, -0.15) is 0 Å². The zero-order valence-corrected chi connectivity index (χ0v) is 9.60. The number of rotatable bonds is 4. The number of aromatic amines is 1. The number of hydrogen-bond donors (Lipinski definition) is 2. The average molecular weight is 230 g/mol. The molecule has 0 aliphatic rings. The van der Waals surface area contributed by atoms with Gasteiger partial charge in [-0.15, -0.1) is 0 Å². The first-order valence-corrected chi connectivity index (χ1v) is 5.49. The molecule has 0 aliphatic heterocycles. The molecule has 0 saturated carbocycles. The molecule has 2 aromatic rings. The van der Waals surface area contributed by atoms with Crippen molar-refractivity contribution in [3.8, 4) is 11.4 Å². The molecule has 1 heterocycles. The predicted molar refractivity (Wildman–Crippen MR) is 64.7 cm³/mol. The third-order valence-corrected chi connectivity index (χ3v) is 2.61. The summed E-state index contributed by atoms with van der Waals surface area (Å²) in [5.41, 5.74) is 2.77. The van der Waals surface area contributed by atoms with E-state index in [4.69, 9.17) is 5.11 Å². The van der Waals surface area contributed by atoms with Gasteiger partial charge < -0.3 is 10.1 Å². The number of H-pyrrole nitrogens is 1. The van der Waals surface area contributed by atoms with E-state index in [2.05, 4.69) is 9.97 Å². The second kappa shape index (κ2) is 4.82. The van der Waals surface area contributed by atoms with Crippen LogP contribution in [-0.2, 0) is 11.2 Å². The fourth-order valence-electron chi connectivity index (χ4n) is 1.70. The number of aryl methyl sites for hydroxylation is 2. The molecule has 0 amide bonds. The Morgan fingerprint density at radius 1 is 1.35 bits per heavy atom. The van der Waals surface area contributed by atoms with Gasteiger partial charge in [0.2, 0.25) is 0 Å². The maximum absolute atomic E-state index is 10.5. The molecule has 1 aromatic carbocycles. The first kappa shape index (κ1) is 11.4. The largest absolute Gasteiger partial charge is 0.481 e. The summed E-state index contributed by atoms with van der Waals surface area (Å²) in [6.07, 6.45) is 0.574. The van der Waals surface area contributed by atoms with Crippen molar-refractivity contribution in [1.29, 1.82) is 0 Å². The lowest BCUT2D eigenvalue weighted by Gasteiger charge is -1.94. The van der Waals surface area contributed by atoms with Gasteiger partial charge in [0.05, 0.1) is 12.1 Å². The molecular formula is C13H14N2O2. The number of carboxylic acid groups (broad SMARTS) is 1. The van der Waals surface area contributed by atoms with Crippen LogP contribution in [0.25, 0.3) is 11.4 Å². The molecule has 0 spiro atoms. The number of nitrogens with zero attached hydrogens (tertiary/aromatic N) is 1. The summed E-state index contributed by atoms with van der Waals surface area (Å²) < 4.78 is 0. The highest BCUT2D eigenvalue weighted by atomic mass is 16.4. The number of aromatic nitrogens is 2. The highest BCUT2D eigenvalue weighted by Crippen LogP contribution is 2.18. The third kappa shape index (κ3) is 2.72. The Kier molecular flexibility index (Phi) is 3.23. The molecule has 0 aliphatic carbocycles. The van der Waals surface area contributed by atoms with Gasteiger partial charge in [0.1, 0.15) is 5.82 Å². The van der Waals surface area contributed by atoms with Gasteiger partial charge >= 0.3 is 5.97 Å². The molecule has 0 saturated heterocycles. The van der Waals surface area contributed by atoms with Gasteiger partial charge in [0.15, 0.2) is 0 Å². The van der Waals surface area contributed by atoms with Gasteiger partial charge in [-0.3, -0.25) is 4.79 Å². The molecule has 0 radical (unpaired) electrons. The highest BCUT2D eigenvalue weighted by molar-refractivity contribution is 5.67. The maximum atomic E-state index is 10.5. The molecule has 0 fully saturated rings. The molecule has 0 bridgehead atoms. The van der Waals surface area contributed by atoms with Gasteiger partial charge in [-0.1, -0.05) is 30.3 Å². The van der Waals surface area contributed by atoms with Crippen molar-refractivity contribution in [2.75, 3.05) is 0 Å². The third-order valence-electron chi connectivity index (χ3n) is 2.61. The van der Waals surface area contributed by atoms with Crippen LogP contribution >= 0.6 is 0 Å². The minimum Gasteiger partial charge on any atom is -0.481 e. The monoisotopic (exact) mass is 230 g/mol. The average Bonchev–Trinajstić information content (AvgIpc) is 2.69. The Labute approximate surface area is 99.3 Å². The summed E-state index contributed by atoms with van der Waals surface area (Å²) in [6, 6.07) is 9.79. The molecule has 0 atom stereocenters. The van der Waals surface area contributed by atoms with Gasteiger partial charge in [-0.05, 0) is 6.92 Å². The van der Waals surface area contributed by atoms with Crippen LogP contribution in [0.1, 0.15) is 17.8 Å². The number of hydrogen-bond acceptors (Lipinski definition) is 2. The van der Waals surface area contributed by atoms with Crippen molar-refractivity contribution >= 4 is 5.97 Å². The van der Waals surface area contributed by atoms with E-state index in [1.807, 2.05) is 37.3 Å². The summed E-state index contributed by atoms with van der Waals surface area (Å²) in [6.45, 7) is 1.91. The number of nitrogens with one attached hydrogen (secondary N) is 1. The summed E-state index contributed by atoms with van der Waals surface area (Å²) in [5, 5.41) is 8.65. The number of benzene rings is 1. The van der Waals surface area contributed by atoms with Crippen LogP contribution in [0.5, 0.6) is 0 Å². The zero-order valence-electron chi connectivity index (χ0n) is 9.60. The van der Waals surface area contributed by atoms with E-state index in [0.717, 1.165) is 22.8 Å². The Hall–Kier alpha value is -2.10. The molecule has 17 heavy (non-hydrogen) atoms. The minimum atomic E-state index is -0.798. The molecule has 1 aromatic heterocycles. The number of carboxylic acids is 1. The number of imidazole rings is 1. The van der Waals surface area contributed by atoms with E-state index in [-0.39, 0.29) is 6.42 Å². The Balaban J connectivity index is 2.22. The second-order valence-corrected chi connectivity index (χ2v) is 3.92. The molecular weight excluding hydrogens is 216 g/mol. The van der Waals surface area contributed by atoms with E-state index in [1.165, 1.54) is 0 Å². The molecule has 2 rings (SSSR count). The van der Waals surface area contributed by atoms with Crippen molar-refractivity contribution in [1.82, 2.24) is 9.97 Å². The lowest BCUT2D eigenvalue weighted by molar-refractivity contribution is -0.136. The van der Waals surface area contributed by atoms with Crippen LogP contribution in [0.3, 0.4) is 0 Å². The highest BCUT2D eigenvalue weighted by Gasteiger charge is 2.09. The minimum absolute atomic E-state index is 0.111. The summed E-state index contributed by atoms with van der Waals surface area (Å²) in [7, 11) is 0. The molecule has 2 N–H and O–H groups in total. The Morgan fingerprint density at radius 3 is 2.71 bits per heavy atom. The van der Waals surface area contributed by atoms with E-state index in [0.29, 0.717) is 6.42 Å². The Morgan fingerprint density at radius 2 is 2.06 bits per heavy atom. The van der Waals surface area contributed by atoms with Crippen LogP contribution in [0, 0.1) is 6.92 Å². The van der Waals surface area contributed by atoms with Crippen LogP contribution in [0.2, 0.25) is 0 Å². The number of carbonyl (C=O) groups is 1. The first-order valence-electron chi connectivity index (χ1n) is 5.49. The number of aliphatic carboxylic acids is 1. The summed E-state index contributed by atoms with van der Waals surface area (Å²) >= 11 is 0. The molecule has 4 nitrogen and oxygen atoms in total. The SMILES string of the molecule is Cc1[nH]c(-c2ccccc2)nc1CCC(=O)O. The zero-order chi connectivity index (χ0) is 12.3. The van der Waals surface area contributed by atoms with E-state index in [9.17, 15) is 4.79 Å². The van der Waals surface area contributed by atoms with Gasteiger partial charge in [0, 0.05) is 17.7 Å². The van der Waals surface area contributed by atoms with E-state index >= 15 is 0 Å². The standard InChI is InChI=1S/C13H14N2O2/c1-9-11(7-8-12(16)17)15-13(14-9)10-5-3-2-4-6-10/h2-6H,7-8H2,1H3,(H,14,15)(H,16,17). The predicted octanol–water partition coefficient (Wildman–Crippen LogP) is 2.40. The molecule has 4 heteroatoms. The Bertz CT molecular complexity index is 517. The van der Waals surface area contributed by atoms with Crippen LogP contribution in [0.15, 0.2) is 30.3 Å². The maximum Gasteiger partial charge on any atom is 0.303 e. The van der Waals surface area contributed by atoms with Crippen molar-refractivity contribution in [3.63, 3.8) is 0 Å². The van der Waals surface area contributed by atoms with Crippen molar-refractivity contribution in [3.05, 3.63) is 41.7 Å². The lowest BCUT2D eigenvalue weighted by Crippen LogP contribution is -1.98. The smallest absolute Gasteiger partial charge is 0.303 e. The van der Waals surface area contributed by atoms with Crippen LogP contribution in [-0.4, -0.2) is 21.0 Å². The van der Waals surface area contributed by atoms with Gasteiger partial charge in [0.25, 0.3) is 0 Å². The summed E-state index contributed by atoms with van der Waals surface area (Å²) in [4.78, 5) is 18.1. The second-order valence-electron chi connectivity index (χ2n) is 3.92. The van der Waals surface area contributed by atoms with Crippen LogP contribution in [0.4, 0.5) is 0 Å². The van der Waals surface area contributed by atoms with E-state index in [1.54, 1.807) is 0 Å². The van der Waals surface area contributed by atoms with Gasteiger partial charge in [-0.25, -0.2) is 4.98 Å².